The first kappa shape index (κ1) is 22.4. The van der Waals surface area contributed by atoms with Crippen molar-refractivity contribution in [2.75, 3.05) is 13.6 Å². The second-order valence-electron chi connectivity index (χ2n) is 8.29. The Hall–Kier alpha value is -2.33. The predicted octanol–water partition coefficient (Wildman–Crippen LogP) is 6.17. The summed E-state index contributed by atoms with van der Waals surface area (Å²) in [4.78, 5) is 14.4. The fourth-order valence-electron chi connectivity index (χ4n) is 4.06. The number of unbranched alkanes of at least 4 members (excludes halogenated alkanes) is 2. The maximum atomic E-state index is 11.9. The summed E-state index contributed by atoms with van der Waals surface area (Å²) in [5, 5.41) is 0. The number of likely N-dealkylation sites (tertiary alicyclic amines) is 1. The summed E-state index contributed by atoms with van der Waals surface area (Å²) in [5.41, 5.74) is 1.20. The lowest BCUT2D eigenvalue weighted by molar-refractivity contribution is -0.134. The van der Waals surface area contributed by atoms with E-state index in [9.17, 15) is 4.79 Å². The van der Waals surface area contributed by atoms with Gasteiger partial charge in [0.2, 0.25) is 0 Å². The van der Waals surface area contributed by atoms with Gasteiger partial charge in [-0.05, 0) is 62.7 Å². The highest BCUT2D eigenvalue weighted by Gasteiger charge is 2.25. The molecule has 4 nitrogen and oxygen atoms in total. The molecule has 0 amide bonds. The van der Waals surface area contributed by atoms with E-state index in [1.54, 1.807) is 0 Å². The Bertz CT molecular complexity index is 760. The van der Waals surface area contributed by atoms with Gasteiger partial charge in [0.05, 0.1) is 0 Å². The van der Waals surface area contributed by atoms with Crippen LogP contribution >= 0.6 is 0 Å². The van der Waals surface area contributed by atoms with Gasteiger partial charge in [0.15, 0.2) is 0 Å². The Morgan fingerprint density at radius 1 is 1.03 bits per heavy atom. The van der Waals surface area contributed by atoms with Crippen LogP contribution in [0.25, 0.3) is 0 Å². The second-order valence-corrected chi connectivity index (χ2v) is 8.29. The molecule has 2 aromatic carbocycles. The minimum absolute atomic E-state index is 0.000746. The molecule has 0 N–H and O–H groups in total. The highest BCUT2D eigenvalue weighted by Crippen LogP contribution is 2.31. The largest absolute Gasteiger partial charge is 0.486 e. The van der Waals surface area contributed by atoms with Crippen LogP contribution in [-0.4, -0.2) is 30.5 Å². The van der Waals surface area contributed by atoms with Crippen molar-refractivity contribution in [1.29, 1.82) is 0 Å². The SMILES string of the molecule is CCCCCC(=O)Oc1ccc(OC(CC2CCCCN2C)c2ccccc2)cc1. The van der Waals surface area contributed by atoms with Crippen molar-refractivity contribution < 1.29 is 14.3 Å². The fraction of sp³-hybridized carbons (Fsp3) is 0.500. The normalized spacial score (nSPS) is 18.0. The molecule has 2 unspecified atom stereocenters. The van der Waals surface area contributed by atoms with E-state index in [1.807, 2.05) is 30.3 Å². The Labute approximate surface area is 181 Å². The van der Waals surface area contributed by atoms with E-state index in [4.69, 9.17) is 9.47 Å². The highest BCUT2D eigenvalue weighted by molar-refractivity contribution is 5.72. The maximum Gasteiger partial charge on any atom is 0.311 e. The molecular weight excluding hydrogens is 374 g/mol. The number of carbonyl (C=O) groups is 1. The molecule has 1 aliphatic heterocycles. The molecule has 30 heavy (non-hydrogen) atoms. The molecule has 0 bridgehead atoms. The fourth-order valence-corrected chi connectivity index (χ4v) is 4.06. The first-order valence-electron chi connectivity index (χ1n) is 11.4. The average molecular weight is 410 g/mol. The van der Waals surface area contributed by atoms with E-state index < -0.39 is 0 Å². The number of piperidine rings is 1. The van der Waals surface area contributed by atoms with Crippen molar-refractivity contribution in [3.8, 4) is 11.5 Å². The average Bonchev–Trinajstić information content (AvgIpc) is 2.77. The van der Waals surface area contributed by atoms with Gasteiger partial charge in [-0.1, -0.05) is 56.5 Å². The van der Waals surface area contributed by atoms with E-state index in [0.717, 1.165) is 38.0 Å². The third-order valence-corrected chi connectivity index (χ3v) is 5.90. The van der Waals surface area contributed by atoms with Crippen LogP contribution in [0.4, 0.5) is 0 Å². The van der Waals surface area contributed by atoms with Gasteiger partial charge in [-0.2, -0.15) is 0 Å². The zero-order chi connectivity index (χ0) is 21.2. The molecular formula is C26H35NO3. The van der Waals surface area contributed by atoms with Crippen molar-refractivity contribution in [2.24, 2.45) is 0 Å². The Balaban J connectivity index is 1.63. The van der Waals surface area contributed by atoms with Crippen molar-refractivity contribution in [1.82, 2.24) is 4.90 Å². The summed E-state index contributed by atoms with van der Waals surface area (Å²) >= 11 is 0. The summed E-state index contributed by atoms with van der Waals surface area (Å²) in [6.45, 7) is 3.28. The molecule has 0 saturated carbocycles. The van der Waals surface area contributed by atoms with Gasteiger partial charge in [-0.25, -0.2) is 0 Å². The molecule has 162 valence electrons. The first-order chi connectivity index (χ1) is 14.7. The van der Waals surface area contributed by atoms with Crippen LogP contribution in [0.15, 0.2) is 54.6 Å². The zero-order valence-corrected chi connectivity index (χ0v) is 18.4. The van der Waals surface area contributed by atoms with Gasteiger partial charge < -0.3 is 14.4 Å². The third kappa shape index (κ3) is 6.88. The third-order valence-electron chi connectivity index (χ3n) is 5.90. The quantitative estimate of drug-likeness (QED) is 0.267. The van der Waals surface area contributed by atoms with Gasteiger partial charge in [-0.3, -0.25) is 4.79 Å². The first-order valence-corrected chi connectivity index (χ1v) is 11.4. The van der Waals surface area contributed by atoms with Crippen LogP contribution in [-0.2, 0) is 4.79 Å². The van der Waals surface area contributed by atoms with Crippen LogP contribution in [0.3, 0.4) is 0 Å². The molecule has 1 saturated heterocycles. The van der Waals surface area contributed by atoms with Crippen LogP contribution in [0.2, 0.25) is 0 Å². The van der Waals surface area contributed by atoms with Crippen molar-refractivity contribution >= 4 is 5.97 Å². The number of carbonyl (C=O) groups excluding carboxylic acids is 1. The number of rotatable bonds is 10. The molecule has 1 fully saturated rings. The Morgan fingerprint density at radius 2 is 1.77 bits per heavy atom. The summed E-state index contributed by atoms with van der Waals surface area (Å²) < 4.78 is 11.9. The molecule has 1 aliphatic rings. The molecule has 0 aliphatic carbocycles. The van der Waals surface area contributed by atoms with Crippen molar-refractivity contribution in [2.45, 2.75) is 70.4 Å². The lowest BCUT2D eigenvalue weighted by Crippen LogP contribution is -2.37. The molecule has 0 radical (unpaired) electrons. The molecule has 4 heteroatoms. The maximum absolute atomic E-state index is 11.9. The van der Waals surface area contributed by atoms with E-state index in [-0.39, 0.29) is 12.1 Å². The van der Waals surface area contributed by atoms with Gasteiger partial charge in [0.1, 0.15) is 17.6 Å². The van der Waals surface area contributed by atoms with Crippen LogP contribution in [0, 0.1) is 0 Å². The molecule has 3 rings (SSSR count). The summed E-state index contributed by atoms with van der Waals surface area (Å²) in [6.07, 6.45) is 8.25. The smallest absolute Gasteiger partial charge is 0.311 e. The van der Waals surface area contributed by atoms with Crippen LogP contribution in [0.5, 0.6) is 11.5 Å². The second kappa shape index (κ2) is 11.8. The molecule has 0 spiro atoms. The summed E-state index contributed by atoms with van der Waals surface area (Å²) in [6, 6.07) is 18.4. The molecule has 0 aromatic heterocycles. The lowest BCUT2D eigenvalue weighted by Gasteiger charge is -2.35. The van der Waals surface area contributed by atoms with E-state index in [1.165, 1.54) is 24.8 Å². The number of benzene rings is 2. The monoisotopic (exact) mass is 409 g/mol. The minimum Gasteiger partial charge on any atom is -0.486 e. The van der Waals surface area contributed by atoms with Gasteiger partial charge in [-0.15, -0.1) is 0 Å². The minimum atomic E-state index is -0.167. The lowest BCUT2D eigenvalue weighted by atomic mass is 9.94. The van der Waals surface area contributed by atoms with Crippen LogP contribution in [0.1, 0.15) is 70.0 Å². The van der Waals surface area contributed by atoms with Crippen molar-refractivity contribution in [3.63, 3.8) is 0 Å². The van der Waals surface area contributed by atoms with E-state index in [2.05, 4.69) is 43.1 Å². The van der Waals surface area contributed by atoms with Crippen molar-refractivity contribution in [3.05, 3.63) is 60.2 Å². The molecule has 2 aromatic rings. The number of nitrogens with zero attached hydrogens (tertiary/aromatic N) is 1. The van der Waals surface area contributed by atoms with E-state index in [0.29, 0.717) is 18.2 Å². The van der Waals surface area contributed by atoms with Gasteiger partial charge in [0, 0.05) is 18.9 Å². The Morgan fingerprint density at radius 3 is 2.47 bits per heavy atom. The highest BCUT2D eigenvalue weighted by atomic mass is 16.5. The zero-order valence-electron chi connectivity index (χ0n) is 18.4. The van der Waals surface area contributed by atoms with Crippen LogP contribution < -0.4 is 9.47 Å². The van der Waals surface area contributed by atoms with Gasteiger partial charge >= 0.3 is 5.97 Å². The summed E-state index contributed by atoms with van der Waals surface area (Å²) in [7, 11) is 2.22. The molecule has 1 heterocycles. The summed E-state index contributed by atoms with van der Waals surface area (Å²) in [5.74, 6) is 1.21. The Kier molecular flexibility index (Phi) is 8.76. The predicted molar refractivity (Wildman–Crippen MR) is 121 cm³/mol. The standard InChI is InChI=1S/C26H35NO3/c1-3-4-6-14-26(28)30-24-17-15-23(16-18-24)29-25(21-11-7-5-8-12-21)20-22-13-9-10-19-27(22)2/h5,7-8,11-12,15-18,22,25H,3-4,6,9-10,13-14,19-20H2,1-2H3. The number of hydrogen-bond donors (Lipinski definition) is 0. The number of esters is 1. The van der Waals surface area contributed by atoms with E-state index >= 15 is 0 Å². The van der Waals surface area contributed by atoms with Gasteiger partial charge in [0.25, 0.3) is 0 Å². The topological polar surface area (TPSA) is 38.8 Å². The molecule has 2 atom stereocenters. The number of hydrogen-bond acceptors (Lipinski definition) is 4. The number of ether oxygens (including phenoxy) is 2.